The lowest BCUT2D eigenvalue weighted by atomic mass is 10.1. The molecule has 2 nitrogen and oxygen atoms in total. The van der Waals surface area contributed by atoms with E-state index in [2.05, 4.69) is 15.9 Å². The van der Waals surface area contributed by atoms with Gasteiger partial charge in [-0.1, -0.05) is 11.6 Å². The highest BCUT2D eigenvalue weighted by atomic mass is 79.9. The van der Waals surface area contributed by atoms with Gasteiger partial charge in [-0.15, -0.1) is 0 Å². The lowest BCUT2D eigenvalue weighted by molar-refractivity contribution is 0.150. The van der Waals surface area contributed by atoms with E-state index in [0.29, 0.717) is 10.8 Å². The third-order valence-corrected chi connectivity index (χ3v) is 3.49. The maximum Gasteiger partial charge on any atom is 0.134 e. The van der Waals surface area contributed by atoms with E-state index in [1.54, 1.807) is 19.2 Å². The average Bonchev–Trinajstić information content (AvgIpc) is 2.88. The smallest absolute Gasteiger partial charge is 0.134 e. The third kappa shape index (κ3) is 1.64. The van der Waals surface area contributed by atoms with Gasteiger partial charge < -0.3 is 9.84 Å². The summed E-state index contributed by atoms with van der Waals surface area (Å²) in [5.41, 5.74) is 0.124. The summed E-state index contributed by atoms with van der Waals surface area (Å²) in [5, 5.41) is 10.6. The Bertz CT molecular complexity index is 375. The van der Waals surface area contributed by atoms with E-state index >= 15 is 0 Å². The Morgan fingerprint density at radius 2 is 2.14 bits per heavy atom. The molecule has 1 saturated carbocycles. The molecule has 0 saturated heterocycles. The van der Waals surface area contributed by atoms with Gasteiger partial charge in [0.2, 0.25) is 0 Å². The maximum atomic E-state index is 9.98. The van der Waals surface area contributed by atoms with E-state index < -0.39 is 5.60 Å². The van der Waals surface area contributed by atoms with Crippen LogP contribution < -0.4 is 4.74 Å². The Labute approximate surface area is 96.0 Å². The molecule has 0 radical (unpaired) electrons. The van der Waals surface area contributed by atoms with Crippen molar-refractivity contribution in [1.82, 2.24) is 0 Å². The van der Waals surface area contributed by atoms with Crippen LogP contribution in [-0.4, -0.2) is 12.2 Å². The summed E-state index contributed by atoms with van der Waals surface area (Å²) in [6, 6.07) is 3.50. The fourth-order valence-corrected chi connectivity index (χ4v) is 2.41. The molecule has 1 aliphatic rings. The normalized spacial score (nSPS) is 18.0. The molecule has 1 aliphatic carbocycles. The van der Waals surface area contributed by atoms with Crippen LogP contribution in [0.3, 0.4) is 0 Å². The molecular formula is C10H10BrClO2. The van der Waals surface area contributed by atoms with Gasteiger partial charge in [0, 0.05) is 10.6 Å². The van der Waals surface area contributed by atoms with Gasteiger partial charge in [0.15, 0.2) is 0 Å². The second-order valence-electron chi connectivity index (χ2n) is 3.50. The van der Waals surface area contributed by atoms with Crippen molar-refractivity contribution < 1.29 is 9.84 Å². The van der Waals surface area contributed by atoms with E-state index in [1.165, 1.54) is 0 Å². The zero-order valence-electron chi connectivity index (χ0n) is 7.68. The quantitative estimate of drug-likeness (QED) is 0.900. The van der Waals surface area contributed by atoms with Crippen molar-refractivity contribution in [1.29, 1.82) is 0 Å². The minimum Gasteiger partial charge on any atom is -0.496 e. The Hall–Kier alpha value is -0.250. The topological polar surface area (TPSA) is 29.5 Å². The van der Waals surface area contributed by atoms with Crippen LogP contribution >= 0.6 is 27.5 Å². The van der Waals surface area contributed by atoms with Crippen LogP contribution in [0.4, 0.5) is 0 Å². The van der Waals surface area contributed by atoms with Gasteiger partial charge in [-0.2, -0.15) is 0 Å². The average molecular weight is 278 g/mol. The fraction of sp³-hybridized carbons (Fsp3) is 0.400. The summed E-state index contributed by atoms with van der Waals surface area (Å²) in [7, 11) is 1.58. The lowest BCUT2D eigenvalue weighted by Crippen LogP contribution is -2.06. The molecule has 0 unspecified atom stereocenters. The van der Waals surface area contributed by atoms with E-state index in [0.717, 1.165) is 22.9 Å². The Morgan fingerprint density at radius 1 is 1.50 bits per heavy atom. The van der Waals surface area contributed by atoms with E-state index in [-0.39, 0.29) is 0 Å². The van der Waals surface area contributed by atoms with Gasteiger partial charge >= 0.3 is 0 Å². The largest absolute Gasteiger partial charge is 0.496 e. The summed E-state index contributed by atoms with van der Waals surface area (Å²) >= 11 is 9.33. The second-order valence-corrected chi connectivity index (χ2v) is 4.73. The van der Waals surface area contributed by atoms with Crippen LogP contribution in [-0.2, 0) is 5.60 Å². The van der Waals surface area contributed by atoms with Crippen LogP contribution in [0.15, 0.2) is 16.6 Å². The van der Waals surface area contributed by atoms with Crippen molar-refractivity contribution >= 4 is 27.5 Å². The summed E-state index contributed by atoms with van der Waals surface area (Å²) in [6.07, 6.45) is 1.57. The molecule has 1 aromatic carbocycles. The molecule has 4 heteroatoms. The molecule has 0 bridgehead atoms. The van der Waals surface area contributed by atoms with Crippen LogP contribution in [0.2, 0.25) is 5.02 Å². The van der Waals surface area contributed by atoms with Gasteiger partial charge in [0.25, 0.3) is 0 Å². The number of aliphatic hydroxyl groups is 1. The number of halogens is 2. The fourth-order valence-electron chi connectivity index (χ4n) is 1.44. The minimum absolute atomic E-state index is 0.584. The highest BCUT2D eigenvalue weighted by Gasteiger charge is 2.44. The van der Waals surface area contributed by atoms with Gasteiger partial charge in [0.1, 0.15) is 5.75 Å². The van der Waals surface area contributed by atoms with Crippen LogP contribution in [0, 0.1) is 0 Å². The molecule has 0 amide bonds. The molecule has 14 heavy (non-hydrogen) atoms. The summed E-state index contributed by atoms with van der Waals surface area (Å²) in [6.45, 7) is 0. The van der Waals surface area contributed by atoms with E-state index in [4.69, 9.17) is 16.3 Å². The van der Waals surface area contributed by atoms with Gasteiger partial charge in [-0.25, -0.2) is 0 Å². The maximum absolute atomic E-state index is 9.98. The molecule has 0 aromatic heterocycles. The minimum atomic E-state index is -0.697. The molecule has 0 heterocycles. The van der Waals surface area contributed by atoms with Crippen molar-refractivity contribution in [3.63, 3.8) is 0 Å². The summed E-state index contributed by atoms with van der Waals surface area (Å²) in [4.78, 5) is 0. The number of ether oxygens (including phenoxy) is 1. The standard InChI is InChI=1S/C10H10BrClO2/c1-14-8-5-6(12)4-7(9(8)11)10(13)2-3-10/h4-5,13H,2-3H2,1H3. The molecule has 2 rings (SSSR count). The zero-order valence-corrected chi connectivity index (χ0v) is 10.0. The first-order valence-corrected chi connectivity index (χ1v) is 5.50. The number of hydrogen-bond acceptors (Lipinski definition) is 2. The molecule has 0 atom stereocenters. The Kier molecular flexibility index (Phi) is 2.50. The predicted molar refractivity (Wildman–Crippen MR) is 58.8 cm³/mol. The Balaban J connectivity index is 2.54. The monoisotopic (exact) mass is 276 g/mol. The van der Waals surface area contributed by atoms with Crippen molar-refractivity contribution in [2.45, 2.75) is 18.4 Å². The van der Waals surface area contributed by atoms with Crippen molar-refractivity contribution in [2.24, 2.45) is 0 Å². The molecule has 76 valence electrons. The molecular weight excluding hydrogens is 267 g/mol. The Morgan fingerprint density at radius 3 is 2.64 bits per heavy atom. The first-order chi connectivity index (χ1) is 6.57. The zero-order chi connectivity index (χ0) is 10.3. The molecule has 0 spiro atoms. The molecule has 0 aliphatic heterocycles. The van der Waals surface area contributed by atoms with Crippen LogP contribution in [0.1, 0.15) is 18.4 Å². The number of benzene rings is 1. The second kappa shape index (κ2) is 3.40. The van der Waals surface area contributed by atoms with Crippen molar-refractivity contribution in [3.05, 3.63) is 27.2 Å². The first kappa shape index (κ1) is 10.3. The molecule has 1 N–H and O–H groups in total. The van der Waals surface area contributed by atoms with Crippen molar-refractivity contribution in [3.8, 4) is 5.75 Å². The van der Waals surface area contributed by atoms with Gasteiger partial charge in [-0.05, 0) is 40.9 Å². The summed E-state index contributed by atoms with van der Waals surface area (Å²) in [5.74, 6) is 0.660. The molecule has 1 aromatic rings. The third-order valence-electron chi connectivity index (χ3n) is 2.45. The predicted octanol–water partition coefficient (Wildman–Crippen LogP) is 3.09. The van der Waals surface area contributed by atoms with Gasteiger partial charge in [0.05, 0.1) is 17.2 Å². The number of hydrogen-bond donors (Lipinski definition) is 1. The van der Waals surface area contributed by atoms with E-state index in [1.807, 2.05) is 0 Å². The SMILES string of the molecule is COc1cc(Cl)cc(C2(O)CC2)c1Br. The molecule has 1 fully saturated rings. The van der Waals surface area contributed by atoms with Gasteiger partial charge in [-0.3, -0.25) is 0 Å². The summed E-state index contributed by atoms with van der Waals surface area (Å²) < 4.78 is 5.94. The highest BCUT2D eigenvalue weighted by molar-refractivity contribution is 9.10. The highest BCUT2D eigenvalue weighted by Crippen LogP contribution is 2.50. The first-order valence-electron chi connectivity index (χ1n) is 4.33. The van der Waals surface area contributed by atoms with Crippen LogP contribution in [0.25, 0.3) is 0 Å². The van der Waals surface area contributed by atoms with Crippen LogP contribution in [0.5, 0.6) is 5.75 Å². The lowest BCUT2D eigenvalue weighted by Gasteiger charge is -2.14. The van der Waals surface area contributed by atoms with Crippen molar-refractivity contribution in [2.75, 3.05) is 7.11 Å². The number of rotatable bonds is 2. The van der Waals surface area contributed by atoms with E-state index in [9.17, 15) is 5.11 Å². The number of methoxy groups -OCH3 is 1.